The second kappa shape index (κ2) is 10.1. The highest BCUT2D eigenvalue weighted by Gasteiger charge is 2.20. The van der Waals surface area contributed by atoms with Gasteiger partial charge in [-0.05, 0) is 49.1 Å². The fourth-order valence-electron chi connectivity index (χ4n) is 3.92. The standard InChI is InChI=1S/C25H29N5O/c26-24-8-4-7-23(29-24)20-11-9-19(10-12-20)13-16-30-17-14-22(15-18-30)28-25(31)27-21-5-2-1-3-6-21/h1-12,22H,13-18H2,(H2,26,29)(H2,27,28,31). The highest BCUT2D eigenvalue weighted by molar-refractivity contribution is 5.89. The van der Waals surface area contributed by atoms with Gasteiger partial charge < -0.3 is 21.3 Å². The molecule has 6 nitrogen and oxygen atoms in total. The van der Waals surface area contributed by atoms with Gasteiger partial charge in [-0.25, -0.2) is 9.78 Å². The van der Waals surface area contributed by atoms with Gasteiger partial charge in [0, 0.05) is 36.9 Å². The summed E-state index contributed by atoms with van der Waals surface area (Å²) < 4.78 is 0. The molecule has 160 valence electrons. The molecular formula is C25H29N5O. The minimum Gasteiger partial charge on any atom is -0.384 e. The molecule has 2 aromatic carbocycles. The molecule has 0 atom stereocenters. The van der Waals surface area contributed by atoms with E-state index in [0.717, 1.165) is 55.8 Å². The lowest BCUT2D eigenvalue weighted by molar-refractivity contribution is 0.197. The summed E-state index contributed by atoms with van der Waals surface area (Å²) in [4.78, 5) is 19.0. The van der Waals surface area contributed by atoms with Crippen LogP contribution < -0.4 is 16.4 Å². The van der Waals surface area contributed by atoms with Crippen LogP contribution in [-0.4, -0.2) is 41.6 Å². The van der Waals surface area contributed by atoms with Gasteiger partial charge >= 0.3 is 6.03 Å². The Morgan fingerprint density at radius 1 is 0.968 bits per heavy atom. The lowest BCUT2D eigenvalue weighted by Gasteiger charge is -2.32. The number of anilines is 2. The second-order valence-corrected chi connectivity index (χ2v) is 7.98. The van der Waals surface area contributed by atoms with Crippen molar-refractivity contribution >= 4 is 17.5 Å². The van der Waals surface area contributed by atoms with Crippen molar-refractivity contribution < 1.29 is 4.79 Å². The van der Waals surface area contributed by atoms with Crippen molar-refractivity contribution in [3.63, 3.8) is 0 Å². The van der Waals surface area contributed by atoms with Gasteiger partial charge in [0.1, 0.15) is 5.82 Å². The van der Waals surface area contributed by atoms with Crippen LogP contribution in [0.2, 0.25) is 0 Å². The summed E-state index contributed by atoms with van der Waals surface area (Å²) in [6.45, 7) is 3.03. The largest absolute Gasteiger partial charge is 0.384 e. The summed E-state index contributed by atoms with van der Waals surface area (Å²) in [6.07, 6.45) is 2.96. The van der Waals surface area contributed by atoms with E-state index in [1.54, 1.807) is 6.07 Å². The lowest BCUT2D eigenvalue weighted by atomic mass is 10.0. The number of piperidine rings is 1. The van der Waals surface area contributed by atoms with Crippen LogP contribution in [0.3, 0.4) is 0 Å². The first kappa shape index (κ1) is 20.9. The first-order chi connectivity index (χ1) is 15.2. The zero-order valence-electron chi connectivity index (χ0n) is 17.6. The van der Waals surface area contributed by atoms with Crippen LogP contribution in [0.15, 0.2) is 72.8 Å². The van der Waals surface area contributed by atoms with Gasteiger partial charge in [0.15, 0.2) is 0 Å². The van der Waals surface area contributed by atoms with Crippen LogP contribution in [0.5, 0.6) is 0 Å². The molecule has 0 aliphatic carbocycles. The van der Waals surface area contributed by atoms with E-state index in [0.29, 0.717) is 5.82 Å². The van der Waals surface area contributed by atoms with E-state index in [2.05, 4.69) is 44.8 Å². The maximum Gasteiger partial charge on any atom is 0.319 e. The number of likely N-dealkylation sites (tertiary alicyclic amines) is 1. The van der Waals surface area contributed by atoms with Crippen molar-refractivity contribution in [3.8, 4) is 11.3 Å². The third-order valence-corrected chi connectivity index (χ3v) is 5.69. The quantitative estimate of drug-likeness (QED) is 0.565. The molecule has 1 aromatic heterocycles. The molecule has 4 N–H and O–H groups in total. The number of hydrogen-bond donors (Lipinski definition) is 3. The first-order valence-corrected chi connectivity index (χ1v) is 10.8. The van der Waals surface area contributed by atoms with E-state index >= 15 is 0 Å². The van der Waals surface area contributed by atoms with Crippen LogP contribution in [-0.2, 0) is 6.42 Å². The van der Waals surface area contributed by atoms with E-state index in [4.69, 9.17) is 5.73 Å². The molecule has 6 heteroatoms. The van der Waals surface area contributed by atoms with Crippen molar-refractivity contribution in [2.45, 2.75) is 25.3 Å². The molecule has 2 heterocycles. The minimum absolute atomic E-state index is 0.126. The number of nitrogen functional groups attached to an aromatic ring is 1. The number of carbonyl (C=O) groups excluding carboxylic acids is 1. The maximum atomic E-state index is 12.2. The average molecular weight is 416 g/mol. The van der Waals surface area contributed by atoms with Gasteiger partial charge in [-0.3, -0.25) is 0 Å². The van der Waals surface area contributed by atoms with Gasteiger partial charge in [0.05, 0.1) is 5.69 Å². The fourth-order valence-corrected chi connectivity index (χ4v) is 3.92. The van der Waals surface area contributed by atoms with Crippen LogP contribution in [0.4, 0.5) is 16.3 Å². The highest BCUT2D eigenvalue weighted by Crippen LogP contribution is 2.19. The predicted octanol–water partition coefficient (Wildman–Crippen LogP) is 4.16. The molecule has 0 radical (unpaired) electrons. The third kappa shape index (κ3) is 6.06. The Labute approximate surface area is 183 Å². The minimum atomic E-state index is -0.126. The number of hydrogen-bond acceptors (Lipinski definition) is 4. The molecular weight excluding hydrogens is 386 g/mol. The molecule has 1 aliphatic heterocycles. The van der Waals surface area contributed by atoms with Crippen molar-refractivity contribution in [2.24, 2.45) is 0 Å². The number of amides is 2. The highest BCUT2D eigenvalue weighted by atomic mass is 16.2. The number of carbonyl (C=O) groups is 1. The van der Waals surface area contributed by atoms with Crippen LogP contribution in [0.25, 0.3) is 11.3 Å². The zero-order valence-corrected chi connectivity index (χ0v) is 17.6. The van der Waals surface area contributed by atoms with Crippen molar-refractivity contribution in [3.05, 3.63) is 78.4 Å². The number of urea groups is 1. The summed E-state index contributed by atoms with van der Waals surface area (Å²) in [5.74, 6) is 0.539. The molecule has 31 heavy (non-hydrogen) atoms. The predicted molar refractivity (Wildman–Crippen MR) is 126 cm³/mol. The Kier molecular flexibility index (Phi) is 6.79. The van der Waals surface area contributed by atoms with Crippen LogP contribution in [0, 0.1) is 0 Å². The molecule has 1 fully saturated rings. The SMILES string of the molecule is Nc1cccc(-c2ccc(CCN3CCC(NC(=O)Nc4ccccc4)CC3)cc2)n1. The van der Waals surface area contributed by atoms with E-state index in [1.807, 2.05) is 42.5 Å². The molecule has 2 amide bonds. The number of nitrogens with one attached hydrogen (secondary N) is 2. The average Bonchev–Trinajstić information content (AvgIpc) is 2.79. The second-order valence-electron chi connectivity index (χ2n) is 7.98. The third-order valence-electron chi connectivity index (χ3n) is 5.69. The summed E-state index contributed by atoms with van der Waals surface area (Å²) in [6, 6.07) is 23.9. The Hall–Kier alpha value is -3.38. The Balaban J connectivity index is 1.19. The fraction of sp³-hybridized carbons (Fsp3) is 0.280. The maximum absolute atomic E-state index is 12.2. The number of benzene rings is 2. The van der Waals surface area contributed by atoms with E-state index in [-0.39, 0.29) is 12.1 Å². The van der Waals surface area contributed by atoms with E-state index in [1.165, 1.54) is 5.56 Å². The van der Waals surface area contributed by atoms with Gasteiger partial charge in [-0.2, -0.15) is 0 Å². The van der Waals surface area contributed by atoms with Crippen molar-refractivity contribution in [2.75, 3.05) is 30.7 Å². The van der Waals surface area contributed by atoms with Crippen LogP contribution >= 0.6 is 0 Å². The Bertz CT molecular complexity index is 982. The molecule has 1 saturated heterocycles. The van der Waals surface area contributed by atoms with Crippen molar-refractivity contribution in [1.82, 2.24) is 15.2 Å². The smallest absolute Gasteiger partial charge is 0.319 e. The Morgan fingerprint density at radius 3 is 2.42 bits per heavy atom. The summed E-state index contributed by atoms with van der Waals surface area (Å²) in [5, 5.41) is 5.99. The van der Waals surface area contributed by atoms with Gasteiger partial charge in [-0.1, -0.05) is 48.5 Å². The molecule has 0 unspecified atom stereocenters. The number of rotatable bonds is 6. The molecule has 1 aliphatic rings. The number of para-hydroxylation sites is 1. The molecule has 3 aromatic rings. The first-order valence-electron chi connectivity index (χ1n) is 10.8. The van der Waals surface area contributed by atoms with Gasteiger partial charge in [0.25, 0.3) is 0 Å². The summed E-state index contributed by atoms with van der Waals surface area (Å²) >= 11 is 0. The van der Waals surface area contributed by atoms with Gasteiger partial charge in [-0.15, -0.1) is 0 Å². The number of nitrogens with zero attached hydrogens (tertiary/aromatic N) is 2. The Morgan fingerprint density at radius 2 is 1.71 bits per heavy atom. The molecule has 0 spiro atoms. The lowest BCUT2D eigenvalue weighted by Crippen LogP contribution is -2.46. The van der Waals surface area contributed by atoms with Crippen LogP contribution in [0.1, 0.15) is 18.4 Å². The topological polar surface area (TPSA) is 83.3 Å². The molecule has 0 bridgehead atoms. The van der Waals surface area contributed by atoms with Gasteiger partial charge in [0.2, 0.25) is 0 Å². The monoisotopic (exact) mass is 415 g/mol. The summed E-state index contributed by atoms with van der Waals surface area (Å²) in [5.41, 5.74) is 9.89. The van der Waals surface area contributed by atoms with E-state index < -0.39 is 0 Å². The number of pyridine rings is 1. The molecule has 0 saturated carbocycles. The van der Waals surface area contributed by atoms with E-state index in [9.17, 15) is 4.79 Å². The zero-order chi connectivity index (χ0) is 21.5. The number of nitrogens with two attached hydrogens (primary N) is 1. The molecule has 4 rings (SSSR count). The van der Waals surface area contributed by atoms with Crippen molar-refractivity contribution in [1.29, 1.82) is 0 Å². The normalized spacial score (nSPS) is 14.8. The number of aromatic nitrogens is 1. The summed E-state index contributed by atoms with van der Waals surface area (Å²) in [7, 11) is 0.